The van der Waals surface area contributed by atoms with Crippen molar-refractivity contribution in [2.45, 2.75) is 50.5 Å². The average molecular weight is 363 g/mol. The fraction of sp³-hybridized carbons (Fsp3) is 0.391. The Balaban J connectivity index is 1.73. The minimum Gasteiger partial charge on any atom is -0.486 e. The van der Waals surface area contributed by atoms with E-state index in [-0.39, 0.29) is 17.5 Å². The van der Waals surface area contributed by atoms with Gasteiger partial charge in [-0.25, -0.2) is 4.39 Å². The molecule has 1 heterocycles. The number of carbonyl (C=O) groups is 1. The maximum Gasteiger partial charge on any atom is 0.173 e. The van der Waals surface area contributed by atoms with Crippen LogP contribution in [-0.2, 0) is 0 Å². The first kappa shape index (κ1) is 17.7. The number of Topliss-reactive ketones (excluding diaryl/α,β-unsaturated/α-hetero) is 1. The minimum atomic E-state index is -0.486. The quantitative estimate of drug-likeness (QED) is 0.704. The topological polar surface area (TPSA) is 50.1 Å². The van der Waals surface area contributed by atoms with E-state index in [1.165, 1.54) is 12.1 Å². The second-order valence-electron chi connectivity index (χ2n) is 7.56. The molecule has 3 nitrogen and oxygen atoms in total. The van der Waals surface area contributed by atoms with E-state index in [1.807, 2.05) is 18.2 Å². The van der Waals surface area contributed by atoms with Crippen molar-refractivity contribution in [2.75, 3.05) is 0 Å². The van der Waals surface area contributed by atoms with Gasteiger partial charge in [-0.3, -0.25) is 4.79 Å². The number of halogens is 1. The Hall–Kier alpha value is -2.67. The van der Waals surface area contributed by atoms with Gasteiger partial charge in [0.15, 0.2) is 5.78 Å². The molecule has 4 heteroatoms. The molecule has 138 valence electrons. The highest BCUT2D eigenvalue weighted by molar-refractivity contribution is 6.02. The summed E-state index contributed by atoms with van der Waals surface area (Å²) in [6, 6.07) is 14.1. The highest BCUT2D eigenvalue weighted by Crippen LogP contribution is 2.47. The summed E-state index contributed by atoms with van der Waals surface area (Å²) in [6.07, 6.45) is 5.88. The van der Waals surface area contributed by atoms with E-state index in [1.54, 1.807) is 12.1 Å². The Labute approximate surface area is 158 Å². The Morgan fingerprint density at radius 2 is 1.78 bits per heavy atom. The van der Waals surface area contributed by atoms with Crippen LogP contribution in [0.1, 0.15) is 55.3 Å². The summed E-state index contributed by atoms with van der Waals surface area (Å²) in [5.74, 6) is 0.197. The SMILES string of the molecule is N#CCCC1C(=O)c2ccc(-c3ccc(F)cc3)cc2OC12CCCCC2. The second-order valence-corrected chi connectivity index (χ2v) is 7.56. The maximum absolute atomic E-state index is 13.2. The number of carbonyl (C=O) groups excluding carboxylic acids is 1. The highest BCUT2D eigenvalue weighted by Gasteiger charge is 2.49. The van der Waals surface area contributed by atoms with Crippen molar-refractivity contribution >= 4 is 5.78 Å². The average Bonchev–Trinajstić information content (AvgIpc) is 2.69. The number of ether oxygens (including phenoxy) is 1. The van der Waals surface area contributed by atoms with E-state index in [4.69, 9.17) is 10.00 Å². The lowest BCUT2D eigenvalue weighted by atomic mass is 9.69. The number of hydrogen-bond donors (Lipinski definition) is 0. The van der Waals surface area contributed by atoms with Gasteiger partial charge in [0.05, 0.1) is 17.6 Å². The summed E-state index contributed by atoms with van der Waals surface area (Å²) in [7, 11) is 0. The van der Waals surface area contributed by atoms with Gasteiger partial charge < -0.3 is 4.74 Å². The molecule has 2 aromatic carbocycles. The molecule has 0 N–H and O–H groups in total. The summed E-state index contributed by atoms with van der Waals surface area (Å²) < 4.78 is 19.7. The molecular weight excluding hydrogens is 341 g/mol. The van der Waals surface area contributed by atoms with Crippen LogP contribution in [0.5, 0.6) is 5.75 Å². The largest absolute Gasteiger partial charge is 0.486 e. The Morgan fingerprint density at radius 3 is 2.48 bits per heavy atom. The maximum atomic E-state index is 13.2. The number of fused-ring (bicyclic) bond motifs is 1. The van der Waals surface area contributed by atoms with Gasteiger partial charge in [0.25, 0.3) is 0 Å². The summed E-state index contributed by atoms with van der Waals surface area (Å²) in [6.45, 7) is 0. The first-order chi connectivity index (χ1) is 13.1. The number of benzene rings is 2. The standard InChI is InChI=1S/C23H22FNO2/c24-18-9-6-16(7-10-18)17-8-11-19-21(15-17)27-23(12-2-1-3-13-23)20(22(19)26)5-4-14-25/h6-11,15,20H,1-5,12-13H2. The zero-order chi connectivity index (χ0) is 18.9. The fourth-order valence-electron chi connectivity index (χ4n) is 4.55. The van der Waals surface area contributed by atoms with Crippen molar-refractivity contribution in [2.24, 2.45) is 5.92 Å². The molecular formula is C23H22FNO2. The van der Waals surface area contributed by atoms with Crippen LogP contribution in [0.15, 0.2) is 42.5 Å². The van der Waals surface area contributed by atoms with Crippen LogP contribution >= 0.6 is 0 Å². The van der Waals surface area contributed by atoms with Gasteiger partial charge in [0.2, 0.25) is 0 Å². The third kappa shape index (κ3) is 3.23. The van der Waals surface area contributed by atoms with Crippen LogP contribution in [-0.4, -0.2) is 11.4 Å². The van der Waals surface area contributed by atoms with Crippen molar-refractivity contribution < 1.29 is 13.9 Å². The first-order valence-electron chi connectivity index (χ1n) is 9.63. The molecule has 0 bridgehead atoms. The minimum absolute atomic E-state index is 0.0963. The Morgan fingerprint density at radius 1 is 1.07 bits per heavy atom. The third-order valence-electron chi connectivity index (χ3n) is 5.93. The molecule has 0 radical (unpaired) electrons. The molecule has 1 unspecified atom stereocenters. The second kappa shape index (κ2) is 7.15. The Kier molecular flexibility index (Phi) is 4.70. The molecule has 2 aromatic rings. The Bertz CT molecular complexity index is 892. The summed E-state index contributed by atoms with van der Waals surface area (Å²) in [5, 5.41) is 9.02. The summed E-state index contributed by atoms with van der Waals surface area (Å²) in [4.78, 5) is 13.2. The molecule has 1 spiro atoms. The van der Waals surface area contributed by atoms with E-state index < -0.39 is 5.60 Å². The van der Waals surface area contributed by atoms with Crippen LogP contribution < -0.4 is 4.74 Å². The molecule has 1 aliphatic heterocycles. The first-order valence-corrected chi connectivity index (χ1v) is 9.63. The van der Waals surface area contributed by atoms with Crippen molar-refractivity contribution in [3.63, 3.8) is 0 Å². The lowest BCUT2D eigenvalue weighted by Crippen LogP contribution is -2.51. The molecule has 2 aliphatic rings. The predicted molar refractivity (Wildman–Crippen MR) is 101 cm³/mol. The molecule has 1 saturated carbocycles. The van der Waals surface area contributed by atoms with Gasteiger partial charge in [-0.15, -0.1) is 0 Å². The van der Waals surface area contributed by atoms with E-state index in [0.717, 1.165) is 43.2 Å². The van der Waals surface area contributed by atoms with Crippen LogP contribution in [0, 0.1) is 23.1 Å². The van der Waals surface area contributed by atoms with Gasteiger partial charge in [-0.05, 0) is 67.5 Å². The lowest BCUT2D eigenvalue weighted by molar-refractivity contribution is -0.0278. The predicted octanol–water partition coefficient (Wildman–Crippen LogP) is 5.69. The summed E-state index contributed by atoms with van der Waals surface area (Å²) in [5.41, 5.74) is 1.91. The van der Waals surface area contributed by atoms with Gasteiger partial charge in [0.1, 0.15) is 17.2 Å². The molecule has 27 heavy (non-hydrogen) atoms. The fourth-order valence-corrected chi connectivity index (χ4v) is 4.55. The molecule has 1 fully saturated rings. The smallest absolute Gasteiger partial charge is 0.173 e. The van der Waals surface area contributed by atoms with Gasteiger partial charge in [-0.1, -0.05) is 24.6 Å². The monoisotopic (exact) mass is 363 g/mol. The number of hydrogen-bond acceptors (Lipinski definition) is 3. The molecule has 0 aromatic heterocycles. The molecule has 0 amide bonds. The number of ketones is 1. The van der Waals surface area contributed by atoms with Crippen LogP contribution in [0.25, 0.3) is 11.1 Å². The van der Waals surface area contributed by atoms with Crippen molar-refractivity contribution in [3.8, 4) is 22.9 Å². The van der Waals surface area contributed by atoms with Gasteiger partial charge >= 0.3 is 0 Å². The molecule has 4 rings (SSSR count). The number of nitrogens with zero attached hydrogens (tertiary/aromatic N) is 1. The van der Waals surface area contributed by atoms with Crippen LogP contribution in [0.2, 0.25) is 0 Å². The van der Waals surface area contributed by atoms with E-state index in [9.17, 15) is 9.18 Å². The van der Waals surface area contributed by atoms with E-state index in [2.05, 4.69) is 6.07 Å². The van der Waals surface area contributed by atoms with E-state index in [0.29, 0.717) is 24.2 Å². The third-order valence-corrected chi connectivity index (χ3v) is 5.93. The molecule has 1 atom stereocenters. The van der Waals surface area contributed by atoms with Crippen LogP contribution in [0.4, 0.5) is 4.39 Å². The van der Waals surface area contributed by atoms with Crippen LogP contribution in [0.3, 0.4) is 0 Å². The molecule has 1 aliphatic carbocycles. The number of nitriles is 1. The normalized spacial score (nSPS) is 20.6. The zero-order valence-electron chi connectivity index (χ0n) is 15.2. The van der Waals surface area contributed by atoms with Crippen molar-refractivity contribution in [1.82, 2.24) is 0 Å². The van der Waals surface area contributed by atoms with E-state index >= 15 is 0 Å². The van der Waals surface area contributed by atoms with Crippen molar-refractivity contribution in [3.05, 3.63) is 53.8 Å². The zero-order valence-corrected chi connectivity index (χ0v) is 15.2. The van der Waals surface area contributed by atoms with Crippen molar-refractivity contribution in [1.29, 1.82) is 5.26 Å². The highest BCUT2D eigenvalue weighted by atomic mass is 19.1. The molecule has 0 saturated heterocycles. The lowest BCUT2D eigenvalue weighted by Gasteiger charge is -2.46. The summed E-state index contributed by atoms with van der Waals surface area (Å²) >= 11 is 0. The van der Waals surface area contributed by atoms with Gasteiger partial charge in [-0.2, -0.15) is 5.26 Å². The number of rotatable bonds is 3. The van der Waals surface area contributed by atoms with Gasteiger partial charge in [0, 0.05) is 6.42 Å².